The number of fused-ring (bicyclic) bond motifs is 1. The Morgan fingerprint density at radius 3 is 3.33 bits per heavy atom. The fourth-order valence-corrected chi connectivity index (χ4v) is 2.32. The first kappa shape index (κ1) is 8.97. The van der Waals surface area contributed by atoms with Crippen molar-refractivity contribution in [2.45, 2.75) is 25.4 Å². The molecule has 15 heavy (non-hydrogen) atoms. The molecule has 3 rings (SSSR count). The molecular formula is C11H16N4. The van der Waals surface area contributed by atoms with Crippen LogP contribution in [0.3, 0.4) is 0 Å². The molecule has 0 radical (unpaired) electrons. The summed E-state index contributed by atoms with van der Waals surface area (Å²) < 4.78 is 2.09. The van der Waals surface area contributed by atoms with Crippen molar-refractivity contribution >= 4 is 6.34 Å². The maximum Gasteiger partial charge on any atom is 0.119 e. The third-order valence-electron chi connectivity index (χ3n) is 3.21. The highest BCUT2D eigenvalue weighted by molar-refractivity contribution is 5.60. The van der Waals surface area contributed by atoms with E-state index in [1.165, 1.54) is 18.5 Å². The van der Waals surface area contributed by atoms with Crippen LogP contribution in [0.1, 0.15) is 18.5 Å². The lowest BCUT2D eigenvalue weighted by Crippen LogP contribution is -2.44. The van der Waals surface area contributed by atoms with Crippen LogP contribution < -0.4 is 5.32 Å². The summed E-state index contributed by atoms with van der Waals surface area (Å²) in [6.07, 6.45) is 6.48. The molecule has 4 nitrogen and oxygen atoms in total. The van der Waals surface area contributed by atoms with Crippen LogP contribution in [0.15, 0.2) is 23.4 Å². The minimum atomic E-state index is 0.568. The Morgan fingerprint density at radius 2 is 2.47 bits per heavy atom. The molecule has 4 heteroatoms. The smallest absolute Gasteiger partial charge is 0.119 e. The highest BCUT2D eigenvalue weighted by Gasteiger charge is 2.22. The van der Waals surface area contributed by atoms with Crippen LogP contribution in [0.25, 0.3) is 0 Å². The Labute approximate surface area is 89.6 Å². The topological polar surface area (TPSA) is 32.6 Å². The van der Waals surface area contributed by atoms with Crippen LogP contribution in [-0.4, -0.2) is 35.0 Å². The zero-order valence-corrected chi connectivity index (χ0v) is 8.76. The Morgan fingerprint density at radius 1 is 1.47 bits per heavy atom. The van der Waals surface area contributed by atoms with Crippen LogP contribution >= 0.6 is 0 Å². The third-order valence-corrected chi connectivity index (χ3v) is 3.21. The molecule has 1 N–H and O–H groups in total. The standard InChI is InChI=1S/C11H16N4/c1-3-10(7-12-5-1)15-8-11-4-2-6-14(11)9-13-15/h2,4,6,9-10,12H,1,3,5,7-8H2. The van der Waals surface area contributed by atoms with Gasteiger partial charge in [0.15, 0.2) is 0 Å². The third kappa shape index (κ3) is 1.65. The highest BCUT2D eigenvalue weighted by Crippen LogP contribution is 2.17. The molecule has 1 aromatic heterocycles. The van der Waals surface area contributed by atoms with Crippen molar-refractivity contribution in [2.24, 2.45) is 5.10 Å². The SMILES string of the molecule is C1=NN(C2CCCNC2)Cc2cccn21. The van der Waals surface area contributed by atoms with E-state index in [-0.39, 0.29) is 0 Å². The molecule has 1 fully saturated rings. The first-order valence-electron chi connectivity index (χ1n) is 5.61. The molecule has 80 valence electrons. The van der Waals surface area contributed by atoms with Gasteiger partial charge in [0.05, 0.1) is 12.6 Å². The lowest BCUT2D eigenvalue weighted by molar-refractivity contribution is 0.157. The fourth-order valence-electron chi connectivity index (χ4n) is 2.32. The number of aromatic nitrogens is 1. The first-order chi connectivity index (χ1) is 7.43. The van der Waals surface area contributed by atoms with Crippen molar-refractivity contribution in [2.75, 3.05) is 13.1 Å². The van der Waals surface area contributed by atoms with Gasteiger partial charge >= 0.3 is 0 Å². The minimum absolute atomic E-state index is 0.568. The van der Waals surface area contributed by atoms with E-state index in [0.717, 1.165) is 19.6 Å². The molecule has 1 saturated heterocycles. The van der Waals surface area contributed by atoms with Gasteiger partial charge in [-0.3, -0.25) is 5.01 Å². The van der Waals surface area contributed by atoms with Gasteiger partial charge in [-0.15, -0.1) is 0 Å². The number of piperidine rings is 1. The maximum absolute atomic E-state index is 4.50. The Kier molecular flexibility index (Phi) is 2.21. The molecule has 1 aromatic rings. The van der Waals surface area contributed by atoms with Crippen molar-refractivity contribution in [3.05, 3.63) is 24.0 Å². The van der Waals surface area contributed by atoms with Crippen LogP contribution in [-0.2, 0) is 6.54 Å². The molecule has 1 unspecified atom stereocenters. The van der Waals surface area contributed by atoms with E-state index >= 15 is 0 Å². The van der Waals surface area contributed by atoms with E-state index in [2.05, 4.69) is 38.3 Å². The van der Waals surface area contributed by atoms with Crippen LogP contribution in [0, 0.1) is 0 Å². The highest BCUT2D eigenvalue weighted by atomic mass is 15.5. The van der Waals surface area contributed by atoms with Crippen molar-refractivity contribution in [1.29, 1.82) is 0 Å². The maximum atomic E-state index is 4.50. The fraction of sp³-hybridized carbons (Fsp3) is 0.545. The van der Waals surface area contributed by atoms with Gasteiger partial charge in [0.25, 0.3) is 0 Å². The Bertz CT molecular complexity index is 362. The predicted octanol–water partition coefficient (Wildman–Crippen LogP) is 0.847. The second-order valence-electron chi connectivity index (χ2n) is 4.24. The van der Waals surface area contributed by atoms with Crippen LogP contribution in [0.2, 0.25) is 0 Å². The molecule has 0 spiro atoms. The summed E-state index contributed by atoms with van der Waals surface area (Å²) in [5, 5.41) is 10.1. The second-order valence-corrected chi connectivity index (χ2v) is 4.24. The van der Waals surface area contributed by atoms with E-state index in [1.807, 2.05) is 6.34 Å². The lowest BCUT2D eigenvalue weighted by Gasteiger charge is -2.34. The minimum Gasteiger partial charge on any atom is -0.315 e. The molecule has 3 heterocycles. The number of nitrogens with one attached hydrogen (secondary N) is 1. The zero-order chi connectivity index (χ0) is 10.1. The quantitative estimate of drug-likeness (QED) is 0.735. The average Bonchev–Trinajstić information content (AvgIpc) is 2.77. The number of hydrogen-bond donors (Lipinski definition) is 1. The average molecular weight is 204 g/mol. The van der Waals surface area contributed by atoms with E-state index in [0.29, 0.717) is 6.04 Å². The van der Waals surface area contributed by atoms with Crippen molar-refractivity contribution in [1.82, 2.24) is 14.9 Å². The Balaban J connectivity index is 1.74. The molecule has 2 aliphatic heterocycles. The van der Waals surface area contributed by atoms with E-state index < -0.39 is 0 Å². The predicted molar refractivity (Wildman–Crippen MR) is 59.8 cm³/mol. The number of hydrogen-bond acceptors (Lipinski definition) is 3. The van der Waals surface area contributed by atoms with Gasteiger partial charge in [0.2, 0.25) is 0 Å². The molecule has 0 bridgehead atoms. The van der Waals surface area contributed by atoms with Crippen molar-refractivity contribution in [3.63, 3.8) is 0 Å². The van der Waals surface area contributed by atoms with Crippen LogP contribution in [0.4, 0.5) is 0 Å². The molecule has 0 aliphatic carbocycles. The number of nitrogens with zero attached hydrogens (tertiary/aromatic N) is 3. The summed E-state index contributed by atoms with van der Waals surface area (Å²) in [4.78, 5) is 0. The summed E-state index contributed by atoms with van der Waals surface area (Å²) in [6.45, 7) is 3.17. The van der Waals surface area contributed by atoms with E-state index in [9.17, 15) is 0 Å². The molecule has 1 atom stereocenters. The molecule has 2 aliphatic rings. The number of hydrazone groups is 1. The summed E-state index contributed by atoms with van der Waals surface area (Å²) in [6, 6.07) is 4.80. The van der Waals surface area contributed by atoms with Gasteiger partial charge in [-0.1, -0.05) is 0 Å². The monoisotopic (exact) mass is 204 g/mol. The van der Waals surface area contributed by atoms with Gasteiger partial charge < -0.3 is 9.88 Å². The van der Waals surface area contributed by atoms with Gasteiger partial charge in [-0.05, 0) is 31.5 Å². The largest absolute Gasteiger partial charge is 0.315 e. The van der Waals surface area contributed by atoms with Crippen molar-refractivity contribution in [3.8, 4) is 0 Å². The summed E-state index contributed by atoms with van der Waals surface area (Å²) in [5.74, 6) is 0. The molecule has 0 amide bonds. The van der Waals surface area contributed by atoms with Gasteiger partial charge in [0, 0.05) is 18.4 Å². The molecular weight excluding hydrogens is 188 g/mol. The van der Waals surface area contributed by atoms with Crippen molar-refractivity contribution < 1.29 is 0 Å². The van der Waals surface area contributed by atoms with E-state index in [4.69, 9.17) is 0 Å². The summed E-state index contributed by atoms with van der Waals surface area (Å²) in [5.41, 5.74) is 1.33. The number of rotatable bonds is 1. The summed E-state index contributed by atoms with van der Waals surface area (Å²) >= 11 is 0. The summed E-state index contributed by atoms with van der Waals surface area (Å²) in [7, 11) is 0. The van der Waals surface area contributed by atoms with Gasteiger partial charge in [-0.2, -0.15) is 5.10 Å². The lowest BCUT2D eigenvalue weighted by atomic mass is 10.1. The van der Waals surface area contributed by atoms with E-state index in [1.54, 1.807) is 0 Å². The van der Waals surface area contributed by atoms with Crippen LogP contribution in [0.5, 0.6) is 0 Å². The second kappa shape index (κ2) is 3.70. The van der Waals surface area contributed by atoms with Gasteiger partial charge in [-0.25, -0.2) is 0 Å². The normalized spacial score (nSPS) is 25.3. The Hall–Kier alpha value is -1.29. The van der Waals surface area contributed by atoms with Gasteiger partial charge in [0.1, 0.15) is 6.34 Å². The zero-order valence-electron chi connectivity index (χ0n) is 8.76. The first-order valence-corrected chi connectivity index (χ1v) is 5.61. The molecule has 0 saturated carbocycles. The molecule has 0 aromatic carbocycles.